The summed E-state index contributed by atoms with van der Waals surface area (Å²) in [4.78, 5) is 30.5. The second kappa shape index (κ2) is 13.8. The zero-order valence-electron chi connectivity index (χ0n) is 23.5. The molecule has 1 aliphatic heterocycles. The molecule has 7 nitrogen and oxygen atoms in total. The van der Waals surface area contributed by atoms with Gasteiger partial charge in [0.2, 0.25) is 0 Å². The summed E-state index contributed by atoms with van der Waals surface area (Å²) in [6.07, 6.45) is 0.718. The maximum Gasteiger partial charge on any atom is 0.295 e. The standard InChI is InChI=1S/C33H38N2O5/c1-4-34(5-2)21-10-22-35-30(25-13-17-27(18-14-25)39-6-3)29(32(37)33(35)38)31(36)26-15-19-28(20-16-26)40-23-24-11-8-7-9-12-24/h7-9,11-20,30,36H,4-6,10,21-23H2,1-3H3/b31-29-. The molecule has 210 valence electrons. The first-order valence-electron chi connectivity index (χ1n) is 14.0. The third-order valence-corrected chi connectivity index (χ3v) is 7.19. The van der Waals surface area contributed by atoms with Gasteiger partial charge < -0.3 is 24.4 Å². The fraction of sp³-hybridized carbons (Fsp3) is 0.333. The van der Waals surface area contributed by atoms with Crippen molar-refractivity contribution >= 4 is 17.4 Å². The minimum absolute atomic E-state index is 0.0925. The summed E-state index contributed by atoms with van der Waals surface area (Å²) < 4.78 is 11.5. The van der Waals surface area contributed by atoms with E-state index in [0.29, 0.717) is 36.8 Å². The molecule has 0 saturated carbocycles. The van der Waals surface area contributed by atoms with E-state index in [4.69, 9.17) is 9.47 Å². The van der Waals surface area contributed by atoms with E-state index < -0.39 is 17.7 Å². The maximum absolute atomic E-state index is 13.4. The smallest absolute Gasteiger partial charge is 0.295 e. The van der Waals surface area contributed by atoms with Crippen LogP contribution in [0.1, 0.15) is 49.9 Å². The van der Waals surface area contributed by atoms with Crippen LogP contribution in [0.15, 0.2) is 84.4 Å². The Labute approximate surface area is 236 Å². The molecule has 0 aromatic heterocycles. The number of amides is 1. The molecule has 7 heteroatoms. The quantitative estimate of drug-likeness (QED) is 0.167. The van der Waals surface area contributed by atoms with Gasteiger partial charge in [0, 0.05) is 12.1 Å². The van der Waals surface area contributed by atoms with Crippen molar-refractivity contribution in [2.24, 2.45) is 0 Å². The molecule has 4 rings (SSSR count). The lowest BCUT2D eigenvalue weighted by Gasteiger charge is -2.27. The van der Waals surface area contributed by atoms with Gasteiger partial charge in [-0.15, -0.1) is 0 Å². The Hall–Kier alpha value is -4.10. The molecule has 1 saturated heterocycles. The van der Waals surface area contributed by atoms with E-state index in [2.05, 4.69) is 18.7 Å². The number of ether oxygens (including phenoxy) is 2. The predicted octanol–water partition coefficient (Wildman–Crippen LogP) is 5.82. The summed E-state index contributed by atoms with van der Waals surface area (Å²) in [7, 11) is 0. The molecule has 0 spiro atoms. The summed E-state index contributed by atoms with van der Waals surface area (Å²) in [5.74, 6) is -0.124. The molecular formula is C33H38N2O5. The SMILES string of the molecule is CCOc1ccc(C2/C(=C(/O)c3ccc(OCc4ccccc4)cc3)C(=O)C(=O)N2CCCN(CC)CC)cc1. The fourth-order valence-corrected chi connectivity index (χ4v) is 4.98. The van der Waals surface area contributed by atoms with Crippen molar-refractivity contribution in [3.05, 3.63) is 101 Å². The van der Waals surface area contributed by atoms with E-state index in [1.807, 2.05) is 61.5 Å². The lowest BCUT2D eigenvalue weighted by atomic mass is 9.95. The van der Waals surface area contributed by atoms with E-state index in [1.54, 1.807) is 29.2 Å². The van der Waals surface area contributed by atoms with Gasteiger partial charge in [0.15, 0.2) is 0 Å². The molecule has 1 aliphatic rings. The Bertz CT molecular complexity index is 1300. The average molecular weight is 543 g/mol. The van der Waals surface area contributed by atoms with Crippen molar-refractivity contribution in [2.45, 2.75) is 39.8 Å². The van der Waals surface area contributed by atoms with Crippen LogP contribution in [-0.4, -0.2) is 59.4 Å². The Morgan fingerprint density at radius 3 is 2.10 bits per heavy atom. The summed E-state index contributed by atoms with van der Waals surface area (Å²) >= 11 is 0. The summed E-state index contributed by atoms with van der Waals surface area (Å²) in [5.41, 5.74) is 2.33. The highest BCUT2D eigenvalue weighted by Gasteiger charge is 2.45. The molecule has 1 unspecified atom stereocenters. The van der Waals surface area contributed by atoms with E-state index in [1.165, 1.54) is 0 Å². The lowest BCUT2D eigenvalue weighted by molar-refractivity contribution is -0.140. The number of aliphatic hydroxyl groups is 1. The average Bonchev–Trinajstić information content (AvgIpc) is 3.24. The topological polar surface area (TPSA) is 79.3 Å². The third kappa shape index (κ3) is 6.72. The van der Waals surface area contributed by atoms with Gasteiger partial charge in [0.1, 0.15) is 23.9 Å². The number of carbonyl (C=O) groups excluding carboxylic acids is 2. The van der Waals surface area contributed by atoms with Crippen LogP contribution < -0.4 is 9.47 Å². The lowest BCUT2D eigenvalue weighted by Crippen LogP contribution is -2.33. The van der Waals surface area contributed by atoms with Crippen molar-refractivity contribution < 1.29 is 24.2 Å². The number of nitrogens with zero attached hydrogens (tertiary/aromatic N) is 2. The summed E-state index contributed by atoms with van der Waals surface area (Å²) in [6.45, 7) is 10.1. The first kappa shape index (κ1) is 28.9. The number of rotatable bonds is 13. The molecule has 1 N–H and O–H groups in total. The van der Waals surface area contributed by atoms with Gasteiger partial charge in [-0.05, 0) is 80.5 Å². The number of carbonyl (C=O) groups is 2. The first-order valence-corrected chi connectivity index (χ1v) is 14.0. The van der Waals surface area contributed by atoms with E-state index in [9.17, 15) is 14.7 Å². The number of hydrogen-bond donors (Lipinski definition) is 1. The highest BCUT2D eigenvalue weighted by atomic mass is 16.5. The predicted molar refractivity (Wildman–Crippen MR) is 156 cm³/mol. The minimum atomic E-state index is -0.693. The van der Waals surface area contributed by atoms with Crippen LogP contribution in [0, 0.1) is 0 Å². The van der Waals surface area contributed by atoms with Crippen LogP contribution in [0.4, 0.5) is 0 Å². The first-order chi connectivity index (χ1) is 19.5. The maximum atomic E-state index is 13.4. The van der Waals surface area contributed by atoms with Gasteiger partial charge in [-0.25, -0.2) is 0 Å². The molecular weight excluding hydrogens is 504 g/mol. The van der Waals surface area contributed by atoms with E-state index in [0.717, 1.165) is 37.2 Å². The highest BCUT2D eigenvalue weighted by molar-refractivity contribution is 6.46. The molecule has 3 aromatic carbocycles. The number of Topliss-reactive ketones (excluding diaryl/α,β-unsaturated/α-hetero) is 1. The highest BCUT2D eigenvalue weighted by Crippen LogP contribution is 2.40. The number of aliphatic hydroxyl groups excluding tert-OH is 1. The van der Waals surface area contributed by atoms with Crippen molar-refractivity contribution in [2.75, 3.05) is 32.8 Å². The van der Waals surface area contributed by atoms with Gasteiger partial charge in [-0.1, -0.05) is 56.3 Å². The summed E-state index contributed by atoms with van der Waals surface area (Å²) in [5, 5.41) is 11.4. The molecule has 1 atom stereocenters. The van der Waals surface area contributed by atoms with Crippen molar-refractivity contribution in [1.29, 1.82) is 0 Å². The zero-order valence-corrected chi connectivity index (χ0v) is 23.5. The molecule has 0 radical (unpaired) electrons. The normalized spacial score (nSPS) is 16.5. The fourth-order valence-electron chi connectivity index (χ4n) is 4.98. The van der Waals surface area contributed by atoms with Gasteiger partial charge >= 0.3 is 0 Å². The molecule has 1 heterocycles. The van der Waals surface area contributed by atoms with Gasteiger partial charge in [-0.3, -0.25) is 9.59 Å². The Morgan fingerprint density at radius 1 is 0.850 bits per heavy atom. The number of benzene rings is 3. The van der Waals surface area contributed by atoms with Gasteiger partial charge in [0.05, 0.1) is 18.2 Å². The van der Waals surface area contributed by atoms with Gasteiger partial charge in [-0.2, -0.15) is 0 Å². The number of hydrogen-bond acceptors (Lipinski definition) is 6. The molecule has 1 fully saturated rings. The monoisotopic (exact) mass is 542 g/mol. The molecule has 1 amide bonds. The summed E-state index contributed by atoms with van der Waals surface area (Å²) in [6, 6.07) is 23.4. The molecule has 40 heavy (non-hydrogen) atoms. The Balaban J connectivity index is 1.62. The van der Waals surface area contributed by atoms with Crippen LogP contribution in [0.3, 0.4) is 0 Å². The largest absolute Gasteiger partial charge is 0.507 e. The van der Waals surface area contributed by atoms with Crippen molar-refractivity contribution in [3.63, 3.8) is 0 Å². The Kier molecular flexibility index (Phi) is 9.97. The zero-order chi connectivity index (χ0) is 28.5. The molecule has 0 aliphatic carbocycles. The molecule has 3 aromatic rings. The van der Waals surface area contributed by atoms with Crippen LogP contribution >= 0.6 is 0 Å². The number of ketones is 1. The van der Waals surface area contributed by atoms with Crippen LogP contribution in [0.2, 0.25) is 0 Å². The van der Waals surface area contributed by atoms with Crippen LogP contribution in [0.25, 0.3) is 5.76 Å². The second-order valence-corrected chi connectivity index (χ2v) is 9.67. The third-order valence-electron chi connectivity index (χ3n) is 7.19. The van der Waals surface area contributed by atoms with Gasteiger partial charge in [0.25, 0.3) is 11.7 Å². The van der Waals surface area contributed by atoms with Crippen molar-refractivity contribution in [3.8, 4) is 11.5 Å². The van der Waals surface area contributed by atoms with E-state index in [-0.39, 0.29) is 11.3 Å². The van der Waals surface area contributed by atoms with Crippen LogP contribution in [0.5, 0.6) is 11.5 Å². The number of likely N-dealkylation sites (tertiary alicyclic amines) is 1. The van der Waals surface area contributed by atoms with E-state index >= 15 is 0 Å². The van der Waals surface area contributed by atoms with Crippen LogP contribution in [-0.2, 0) is 16.2 Å². The Morgan fingerprint density at radius 2 is 1.48 bits per heavy atom. The van der Waals surface area contributed by atoms with Crippen molar-refractivity contribution in [1.82, 2.24) is 9.80 Å². The molecule has 0 bridgehead atoms. The second-order valence-electron chi connectivity index (χ2n) is 9.67. The minimum Gasteiger partial charge on any atom is -0.507 e.